The fourth-order valence-corrected chi connectivity index (χ4v) is 2.99. The summed E-state index contributed by atoms with van der Waals surface area (Å²) in [6.07, 6.45) is 0. The normalized spacial score (nSPS) is 11.6. The zero-order valence-corrected chi connectivity index (χ0v) is 13.6. The molecular formula is C20H21NO. The highest BCUT2D eigenvalue weighted by atomic mass is 16.5. The molecule has 1 heterocycles. The van der Waals surface area contributed by atoms with Gasteiger partial charge in [-0.3, -0.25) is 4.98 Å². The molecule has 0 spiro atoms. The molecule has 0 aliphatic rings. The van der Waals surface area contributed by atoms with Crippen molar-refractivity contribution in [3.8, 4) is 5.75 Å². The van der Waals surface area contributed by atoms with Crippen molar-refractivity contribution in [2.75, 3.05) is 7.11 Å². The lowest BCUT2D eigenvalue weighted by atomic mass is 9.76. The smallest absolute Gasteiger partial charge is 0.118 e. The molecule has 3 aromatic rings. The highest BCUT2D eigenvalue weighted by Crippen LogP contribution is 2.36. The van der Waals surface area contributed by atoms with Crippen LogP contribution in [0.25, 0.3) is 10.9 Å². The Balaban J connectivity index is 2.19. The predicted octanol–water partition coefficient (Wildman–Crippen LogP) is 4.88. The Morgan fingerprint density at radius 1 is 0.955 bits per heavy atom. The summed E-state index contributed by atoms with van der Waals surface area (Å²) in [5, 5.41) is 1.22. The molecule has 0 aliphatic carbocycles. The van der Waals surface area contributed by atoms with E-state index in [1.807, 2.05) is 18.2 Å². The van der Waals surface area contributed by atoms with Crippen LogP contribution in [-0.4, -0.2) is 12.1 Å². The van der Waals surface area contributed by atoms with Crippen molar-refractivity contribution in [3.63, 3.8) is 0 Å². The molecule has 0 fully saturated rings. The Morgan fingerprint density at radius 3 is 2.32 bits per heavy atom. The van der Waals surface area contributed by atoms with E-state index in [-0.39, 0.29) is 5.41 Å². The van der Waals surface area contributed by atoms with Crippen LogP contribution in [0.4, 0.5) is 0 Å². The van der Waals surface area contributed by atoms with E-state index in [2.05, 4.69) is 62.2 Å². The minimum atomic E-state index is -0.0976. The number of para-hydroxylation sites is 1. The van der Waals surface area contributed by atoms with E-state index < -0.39 is 0 Å². The first-order valence-corrected chi connectivity index (χ1v) is 7.54. The first-order chi connectivity index (χ1) is 10.5. The Kier molecular flexibility index (Phi) is 3.61. The van der Waals surface area contributed by atoms with E-state index in [1.54, 1.807) is 7.11 Å². The molecule has 2 heteroatoms. The van der Waals surface area contributed by atoms with Gasteiger partial charge < -0.3 is 4.74 Å². The number of aryl methyl sites for hydroxylation is 1. The van der Waals surface area contributed by atoms with Crippen LogP contribution in [-0.2, 0) is 5.41 Å². The summed E-state index contributed by atoms with van der Waals surface area (Å²) in [6, 6.07) is 18.9. The summed E-state index contributed by atoms with van der Waals surface area (Å²) in [6.45, 7) is 6.58. The topological polar surface area (TPSA) is 22.1 Å². The Hall–Kier alpha value is -2.35. The Bertz CT molecular complexity index is 804. The van der Waals surface area contributed by atoms with E-state index in [4.69, 9.17) is 4.74 Å². The lowest BCUT2D eigenvalue weighted by molar-refractivity contribution is 0.414. The average Bonchev–Trinajstić information content (AvgIpc) is 2.54. The SMILES string of the molecule is COc1ccc(C(C)(C)c2cc(C)nc3ccccc23)cc1. The molecule has 112 valence electrons. The largest absolute Gasteiger partial charge is 0.497 e. The number of pyridine rings is 1. The molecule has 1 aromatic heterocycles. The van der Waals surface area contributed by atoms with Crippen LogP contribution >= 0.6 is 0 Å². The van der Waals surface area contributed by atoms with Crippen LogP contribution in [0.15, 0.2) is 54.6 Å². The van der Waals surface area contributed by atoms with Gasteiger partial charge in [0.05, 0.1) is 12.6 Å². The molecule has 0 saturated heterocycles. The Morgan fingerprint density at radius 2 is 1.64 bits per heavy atom. The summed E-state index contributed by atoms with van der Waals surface area (Å²) in [7, 11) is 1.69. The van der Waals surface area contributed by atoms with Gasteiger partial charge in [-0.2, -0.15) is 0 Å². The van der Waals surface area contributed by atoms with Crippen LogP contribution in [0.5, 0.6) is 5.75 Å². The minimum Gasteiger partial charge on any atom is -0.497 e. The molecule has 2 nitrogen and oxygen atoms in total. The van der Waals surface area contributed by atoms with Gasteiger partial charge in [-0.25, -0.2) is 0 Å². The quantitative estimate of drug-likeness (QED) is 0.686. The molecule has 0 atom stereocenters. The molecule has 2 aromatic carbocycles. The molecule has 3 rings (SSSR count). The second-order valence-corrected chi connectivity index (χ2v) is 6.18. The number of fused-ring (bicyclic) bond motifs is 1. The zero-order valence-electron chi connectivity index (χ0n) is 13.6. The van der Waals surface area contributed by atoms with Gasteiger partial charge in [0.15, 0.2) is 0 Å². The third kappa shape index (κ3) is 2.45. The number of ether oxygens (including phenoxy) is 1. The lowest BCUT2D eigenvalue weighted by Crippen LogP contribution is -2.19. The second kappa shape index (κ2) is 5.45. The number of aromatic nitrogens is 1. The maximum atomic E-state index is 5.27. The standard InChI is InChI=1S/C20H21NO/c1-14-13-18(17-7-5-6-8-19(17)21-14)20(2,3)15-9-11-16(22-4)12-10-15/h5-13H,1-4H3. The van der Waals surface area contributed by atoms with Gasteiger partial charge >= 0.3 is 0 Å². The number of methoxy groups -OCH3 is 1. The third-order valence-electron chi connectivity index (χ3n) is 4.33. The maximum absolute atomic E-state index is 5.27. The number of hydrogen-bond donors (Lipinski definition) is 0. The van der Waals surface area contributed by atoms with Crippen LogP contribution in [0.2, 0.25) is 0 Å². The fraction of sp³-hybridized carbons (Fsp3) is 0.250. The van der Waals surface area contributed by atoms with Crippen molar-refractivity contribution < 1.29 is 4.74 Å². The van der Waals surface area contributed by atoms with Crippen molar-refractivity contribution >= 4 is 10.9 Å². The predicted molar refractivity (Wildman–Crippen MR) is 91.6 cm³/mol. The molecule has 0 bridgehead atoms. The molecule has 0 amide bonds. The molecule has 0 N–H and O–H groups in total. The maximum Gasteiger partial charge on any atom is 0.118 e. The summed E-state index contributed by atoms with van der Waals surface area (Å²) in [5.41, 5.74) is 4.58. The number of hydrogen-bond acceptors (Lipinski definition) is 2. The van der Waals surface area contributed by atoms with Gasteiger partial charge in [0.1, 0.15) is 5.75 Å². The molecule has 0 aliphatic heterocycles. The summed E-state index contributed by atoms with van der Waals surface area (Å²) in [5.74, 6) is 0.885. The zero-order chi connectivity index (χ0) is 15.7. The monoisotopic (exact) mass is 291 g/mol. The van der Waals surface area contributed by atoms with E-state index in [9.17, 15) is 0 Å². The van der Waals surface area contributed by atoms with Gasteiger partial charge in [0.2, 0.25) is 0 Å². The molecule has 22 heavy (non-hydrogen) atoms. The van der Waals surface area contributed by atoms with Gasteiger partial charge in [-0.15, -0.1) is 0 Å². The first kappa shape index (κ1) is 14.6. The number of nitrogens with zero attached hydrogens (tertiary/aromatic N) is 1. The van der Waals surface area contributed by atoms with Crippen molar-refractivity contribution in [3.05, 3.63) is 71.4 Å². The van der Waals surface area contributed by atoms with Crippen LogP contribution in [0.3, 0.4) is 0 Å². The lowest BCUT2D eigenvalue weighted by Gasteiger charge is -2.28. The highest BCUT2D eigenvalue weighted by Gasteiger charge is 2.25. The minimum absolute atomic E-state index is 0.0976. The summed E-state index contributed by atoms with van der Waals surface area (Å²) < 4.78 is 5.27. The Labute approximate surface area is 131 Å². The molecule has 0 unspecified atom stereocenters. The fourth-order valence-electron chi connectivity index (χ4n) is 2.99. The van der Waals surface area contributed by atoms with Gasteiger partial charge in [0, 0.05) is 16.5 Å². The van der Waals surface area contributed by atoms with Gasteiger partial charge in [-0.1, -0.05) is 44.2 Å². The summed E-state index contributed by atoms with van der Waals surface area (Å²) >= 11 is 0. The molecule has 0 radical (unpaired) electrons. The molecule has 0 saturated carbocycles. The van der Waals surface area contributed by atoms with Gasteiger partial charge in [-0.05, 0) is 42.3 Å². The van der Waals surface area contributed by atoms with Crippen LogP contribution < -0.4 is 4.74 Å². The van der Waals surface area contributed by atoms with E-state index in [1.165, 1.54) is 16.5 Å². The summed E-state index contributed by atoms with van der Waals surface area (Å²) in [4.78, 5) is 4.65. The van der Waals surface area contributed by atoms with Crippen LogP contribution in [0, 0.1) is 6.92 Å². The number of benzene rings is 2. The average molecular weight is 291 g/mol. The first-order valence-electron chi connectivity index (χ1n) is 7.54. The third-order valence-corrected chi connectivity index (χ3v) is 4.33. The van der Waals surface area contributed by atoms with E-state index in [0.717, 1.165) is 17.0 Å². The van der Waals surface area contributed by atoms with Crippen molar-refractivity contribution in [2.24, 2.45) is 0 Å². The number of rotatable bonds is 3. The molecular weight excluding hydrogens is 270 g/mol. The van der Waals surface area contributed by atoms with E-state index >= 15 is 0 Å². The van der Waals surface area contributed by atoms with Crippen molar-refractivity contribution in [1.82, 2.24) is 4.98 Å². The second-order valence-electron chi connectivity index (χ2n) is 6.18. The van der Waals surface area contributed by atoms with Crippen molar-refractivity contribution in [1.29, 1.82) is 0 Å². The van der Waals surface area contributed by atoms with E-state index in [0.29, 0.717) is 0 Å². The van der Waals surface area contributed by atoms with Crippen molar-refractivity contribution in [2.45, 2.75) is 26.2 Å². The van der Waals surface area contributed by atoms with Gasteiger partial charge in [0.25, 0.3) is 0 Å². The van der Waals surface area contributed by atoms with Crippen LogP contribution in [0.1, 0.15) is 30.7 Å². The highest BCUT2D eigenvalue weighted by molar-refractivity contribution is 5.84.